The monoisotopic (exact) mass is 277 g/mol. The summed E-state index contributed by atoms with van der Waals surface area (Å²) in [6.07, 6.45) is -0.285. The van der Waals surface area contributed by atoms with Crippen LogP contribution in [0, 0.1) is 0 Å². The Kier molecular flexibility index (Phi) is 2.85. The van der Waals surface area contributed by atoms with E-state index in [0.717, 1.165) is 0 Å². The summed E-state index contributed by atoms with van der Waals surface area (Å²) in [5.41, 5.74) is 0.362. The minimum Gasteiger partial charge on any atom is -0.507 e. The molecule has 1 saturated heterocycles. The van der Waals surface area contributed by atoms with Gasteiger partial charge in [0.1, 0.15) is 5.75 Å². The summed E-state index contributed by atoms with van der Waals surface area (Å²) in [6, 6.07) is 9.81. The van der Waals surface area contributed by atoms with Crippen molar-refractivity contribution in [1.82, 2.24) is 4.90 Å². The highest BCUT2D eigenvalue weighted by Gasteiger charge is 2.40. The second-order valence-corrected chi connectivity index (χ2v) is 5.05. The first-order valence-corrected chi connectivity index (χ1v) is 6.35. The van der Waals surface area contributed by atoms with E-state index in [1.807, 2.05) is 0 Å². The van der Waals surface area contributed by atoms with E-state index in [2.05, 4.69) is 0 Å². The fourth-order valence-corrected chi connectivity index (χ4v) is 2.49. The number of nitrogens with zero attached hydrogens (tertiary/aromatic N) is 1. The number of likely N-dealkylation sites (tertiary alicyclic amines) is 1. The number of carbonyl (C=O) groups is 1. The first-order valence-electron chi connectivity index (χ1n) is 6.35. The number of aromatic hydroxyl groups is 1. The van der Waals surface area contributed by atoms with Gasteiger partial charge in [-0.3, -0.25) is 4.79 Å². The third kappa shape index (κ3) is 2.19. The number of halogens is 2. The molecule has 104 valence electrons. The Labute approximate surface area is 114 Å². The molecule has 0 atom stereocenters. The van der Waals surface area contributed by atoms with Crippen molar-refractivity contribution in [2.75, 3.05) is 13.1 Å². The smallest absolute Gasteiger partial charge is 0.267 e. The predicted octanol–water partition coefficient (Wildman–Crippen LogP) is 3.03. The Morgan fingerprint density at radius 3 is 2.75 bits per heavy atom. The van der Waals surface area contributed by atoms with Crippen molar-refractivity contribution in [3.63, 3.8) is 0 Å². The van der Waals surface area contributed by atoms with Crippen LogP contribution in [0.25, 0.3) is 10.8 Å². The number of carbonyl (C=O) groups excluding carboxylic acids is 1. The van der Waals surface area contributed by atoms with Crippen molar-refractivity contribution in [3.05, 3.63) is 42.0 Å². The van der Waals surface area contributed by atoms with Gasteiger partial charge in [-0.2, -0.15) is 0 Å². The molecule has 0 unspecified atom stereocenters. The van der Waals surface area contributed by atoms with Crippen LogP contribution in [0.3, 0.4) is 0 Å². The number of hydrogen-bond donors (Lipinski definition) is 1. The molecule has 1 N–H and O–H groups in total. The number of rotatable bonds is 1. The zero-order valence-corrected chi connectivity index (χ0v) is 10.6. The summed E-state index contributed by atoms with van der Waals surface area (Å²) >= 11 is 0. The van der Waals surface area contributed by atoms with Gasteiger partial charge in [-0.05, 0) is 29.7 Å². The molecule has 1 aliphatic heterocycles. The normalized spacial score (nSPS) is 17.6. The third-order valence-corrected chi connectivity index (χ3v) is 3.56. The summed E-state index contributed by atoms with van der Waals surface area (Å²) in [6.45, 7) is -0.451. The minimum absolute atomic E-state index is 0.0733. The molecular formula is C15H13F2NO2. The minimum atomic E-state index is -2.79. The molecule has 0 spiro atoms. The SMILES string of the molecule is O=C(c1ccc2c(O)cccc2c1)N1CCC(F)(F)C1. The highest BCUT2D eigenvalue weighted by molar-refractivity contribution is 5.99. The molecule has 1 aliphatic rings. The lowest BCUT2D eigenvalue weighted by molar-refractivity contribution is 0.0120. The van der Waals surface area contributed by atoms with E-state index in [4.69, 9.17) is 0 Å². The van der Waals surface area contributed by atoms with E-state index >= 15 is 0 Å². The standard InChI is InChI=1S/C15H13F2NO2/c16-15(17)6-7-18(9-15)14(20)11-4-5-12-10(8-11)2-1-3-13(12)19/h1-5,8,19H,6-7,9H2. The Morgan fingerprint density at radius 1 is 1.25 bits per heavy atom. The Morgan fingerprint density at radius 2 is 2.05 bits per heavy atom. The molecule has 2 aromatic rings. The quantitative estimate of drug-likeness (QED) is 0.870. The van der Waals surface area contributed by atoms with Gasteiger partial charge >= 0.3 is 0 Å². The van der Waals surface area contributed by atoms with Crippen LogP contribution in [0.4, 0.5) is 8.78 Å². The fourth-order valence-electron chi connectivity index (χ4n) is 2.49. The lowest BCUT2D eigenvalue weighted by Crippen LogP contribution is -2.31. The molecule has 3 rings (SSSR count). The molecule has 0 bridgehead atoms. The van der Waals surface area contributed by atoms with Crippen LogP contribution in [-0.4, -0.2) is 34.9 Å². The number of benzene rings is 2. The van der Waals surface area contributed by atoms with Crippen molar-refractivity contribution >= 4 is 16.7 Å². The summed E-state index contributed by atoms with van der Waals surface area (Å²) in [5.74, 6) is -3.05. The van der Waals surface area contributed by atoms with Crippen LogP contribution < -0.4 is 0 Å². The topological polar surface area (TPSA) is 40.5 Å². The molecule has 1 fully saturated rings. The van der Waals surface area contributed by atoms with Crippen molar-refractivity contribution < 1.29 is 18.7 Å². The van der Waals surface area contributed by atoms with E-state index < -0.39 is 18.4 Å². The third-order valence-electron chi connectivity index (χ3n) is 3.56. The number of hydrogen-bond acceptors (Lipinski definition) is 2. The van der Waals surface area contributed by atoms with E-state index in [9.17, 15) is 18.7 Å². The van der Waals surface area contributed by atoms with Gasteiger partial charge in [0.2, 0.25) is 0 Å². The Bertz CT molecular complexity index is 685. The number of fused-ring (bicyclic) bond motifs is 1. The van der Waals surface area contributed by atoms with Crippen molar-refractivity contribution in [2.24, 2.45) is 0 Å². The number of amides is 1. The number of phenols is 1. The highest BCUT2D eigenvalue weighted by Crippen LogP contribution is 2.29. The predicted molar refractivity (Wildman–Crippen MR) is 71.1 cm³/mol. The van der Waals surface area contributed by atoms with Crippen molar-refractivity contribution in [1.29, 1.82) is 0 Å². The van der Waals surface area contributed by atoms with Gasteiger partial charge in [0.05, 0.1) is 6.54 Å². The average molecular weight is 277 g/mol. The van der Waals surface area contributed by atoms with E-state index in [0.29, 0.717) is 16.3 Å². The van der Waals surface area contributed by atoms with E-state index in [1.165, 1.54) is 4.90 Å². The summed E-state index contributed by atoms with van der Waals surface area (Å²) in [7, 11) is 0. The van der Waals surface area contributed by atoms with Crippen molar-refractivity contribution in [2.45, 2.75) is 12.3 Å². The second-order valence-electron chi connectivity index (χ2n) is 5.05. The van der Waals surface area contributed by atoms with Gasteiger partial charge in [-0.25, -0.2) is 8.78 Å². The molecule has 1 amide bonds. The summed E-state index contributed by atoms with van der Waals surface area (Å²) in [5, 5.41) is 11.0. The van der Waals surface area contributed by atoms with E-state index in [1.54, 1.807) is 36.4 Å². The van der Waals surface area contributed by atoms with Gasteiger partial charge in [0.25, 0.3) is 11.8 Å². The van der Waals surface area contributed by atoms with Crippen LogP contribution in [0.2, 0.25) is 0 Å². The van der Waals surface area contributed by atoms with Crippen LogP contribution in [0.15, 0.2) is 36.4 Å². The largest absolute Gasteiger partial charge is 0.507 e. The fraction of sp³-hybridized carbons (Fsp3) is 0.267. The van der Waals surface area contributed by atoms with Gasteiger partial charge in [-0.1, -0.05) is 12.1 Å². The maximum absolute atomic E-state index is 13.1. The highest BCUT2D eigenvalue weighted by atomic mass is 19.3. The van der Waals surface area contributed by atoms with Gasteiger partial charge in [0.15, 0.2) is 0 Å². The number of phenolic OH excluding ortho intramolecular Hbond substituents is 1. The molecule has 2 aromatic carbocycles. The van der Waals surface area contributed by atoms with Gasteiger partial charge in [0, 0.05) is 23.9 Å². The molecule has 0 radical (unpaired) electrons. The maximum atomic E-state index is 13.1. The van der Waals surface area contributed by atoms with Crippen LogP contribution >= 0.6 is 0 Å². The van der Waals surface area contributed by atoms with Gasteiger partial charge in [-0.15, -0.1) is 0 Å². The summed E-state index contributed by atoms with van der Waals surface area (Å²) in [4.78, 5) is 13.4. The molecular weight excluding hydrogens is 264 g/mol. The Balaban J connectivity index is 1.93. The average Bonchev–Trinajstić information content (AvgIpc) is 2.78. The van der Waals surface area contributed by atoms with Crippen LogP contribution in [-0.2, 0) is 0 Å². The zero-order chi connectivity index (χ0) is 14.3. The lowest BCUT2D eigenvalue weighted by Gasteiger charge is -2.16. The van der Waals surface area contributed by atoms with E-state index in [-0.39, 0.29) is 18.7 Å². The van der Waals surface area contributed by atoms with Gasteiger partial charge < -0.3 is 10.0 Å². The van der Waals surface area contributed by atoms with Crippen molar-refractivity contribution in [3.8, 4) is 5.75 Å². The lowest BCUT2D eigenvalue weighted by atomic mass is 10.1. The molecule has 0 saturated carbocycles. The maximum Gasteiger partial charge on any atom is 0.267 e. The molecule has 3 nitrogen and oxygen atoms in total. The van der Waals surface area contributed by atoms with Crippen LogP contribution in [0.1, 0.15) is 16.8 Å². The molecule has 5 heteroatoms. The number of alkyl halides is 2. The first-order chi connectivity index (χ1) is 9.46. The first kappa shape index (κ1) is 12.8. The summed E-state index contributed by atoms with van der Waals surface area (Å²) < 4.78 is 26.3. The molecule has 1 heterocycles. The van der Waals surface area contributed by atoms with Crippen LogP contribution in [0.5, 0.6) is 5.75 Å². The second kappa shape index (κ2) is 4.44. The zero-order valence-electron chi connectivity index (χ0n) is 10.6. The molecule has 0 aliphatic carbocycles. The Hall–Kier alpha value is -2.17. The molecule has 20 heavy (non-hydrogen) atoms. The molecule has 0 aromatic heterocycles.